The van der Waals surface area contributed by atoms with Gasteiger partial charge in [-0.2, -0.15) is 0 Å². The largest absolute Gasteiger partial charge is 0.493 e. The Hall–Kier alpha value is -2.86. The van der Waals surface area contributed by atoms with Gasteiger partial charge in [0.2, 0.25) is 5.91 Å². The number of ether oxygens (including phenoxy) is 2. The van der Waals surface area contributed by atoms with Crippen LogP contribution in [0.2, 0.25) is 0 Å². The van der Waals surface area contributed by atoms with Gasteiger partial charge in [-0.1, -0.05) is 18.2 Å². The summed E-state index contributed by atoms with van der Waals surface area (Å²) in [5.74, 6) is 1.62. The van der Waals surface area contributed by atoms with E-state index < -0.39 is 0 Å². The van der Waals surface area contributed by atoms with E-state index in [1.165, 1.54) is 12.5 Å². The number of rotatable bonds is 4. The first-order valence-electron chi connectivity index (χ1n) is 9.91. The van der Waals surface area contributed by atoms with Crippen LogP contribution in [0.15, 0.2) is 41.4 Å². The first-order valence-corrected chi connectivity index (χ1v) is 9.91. The predicted octanol–water partition coefficient (Wildman–Crippen LogP) is 3.30. The molecule has 2 atom stereocenters. The molecule has 0 aliphatic carbocycles. The summed E-state index contributed by atoms with van der Waals surface area (Å²) in [6.45, 7) is 3.50. The molecular weight excluding hydrogens is 366 g/mol. The van der Waals surface area contributed by atoms with Gasteiger partial charge in [-0.15, -0.1) is 0 Å². The van der Waals surface area contributed by atoms with E-state index in [2.05, 4.69) is 23.3 Å². The van der Waals surface area contributed by atoms with Gasteiger partial charge in [0.25, 0.3) is 0 Å². The van der Waals surface area contributed by atoms with Crippen LogP contribution in [0.5, 0.6) is 11.5 Å². The number of piperidine rings is 1. The number of nitrogens with one attached hydrogen (secondary N) is 1. The highest BCUT2D eigenvalue weighted by Gasteiger charge is 2.36. The zero-order valence-corrected chi connectivity index (χ0v) is 17.4. The van der Waals surface area contributed by atoms with Crippen LogP contribution >= 0.6 is 0 Å². The Morgan fingerprint density at radius 2 is 1.86 bits per heavy atom. The van der Waals surface area contributed by atoms with E-state index in [0.717, 1.165) is 47.8 Å². The number of carbonyl (C=O) groups is 1. The van der Waals surface area contributed by atoms with Crippen LogP contribution in [0.4, 0.5) is 5.69 Å². The summed E-state index contributed by atoms with van der Waals surface area (Å²) in [5.41, 5.74) is 4.86. The van der Waals surface area contributed by atoms with Gasteiger partial charge in [0.1, 0.15) is 0 Å². The Morgan fingerprint density at radius 1 is 1.14 bits per heavy atom. The predicted molar refractivity (Wildman–Crippen MR) is 115 cm³/mol. The van der Waals surface area contributed by atoms with Gasteiger partial charge in [0.15, 0.2) is 11.5 Å². The molecule has 2 aliphatic heterocycles. The molecule has 1 saturated heterocycles. The molecule has 0 saturated carbocycles. The van der Waals surface area contributed by atoms with Gasteiger partial charge >= 0.3 is 0 Å². The molecular formula is C23H27N3O3. The average molecular weight is 393 g/mol. The lowest BCUT2D eigenvalue weighted by Crippen LogP contribution is -2.42. The third-order valence-electron chi connectivity index (χ3n) is 5.78. The zero-order chi connectivity index (χ0) is 20.5. The Labute approximate surface area is 171 Å². The summed E-state index contributed by atoms with van der Waals surface area (Å²) in [5, 5.41) is 2.95. The molecule has 4 rings (SSSR count). The summed E-state index contributed by atoms with van der Waals surface area (Å²) in [6, 6.07) is 12.1. The van der Waals surface area contributed by atoms with Crippen molar-refractivity contribution in [1.82, 2.24) is 4.90 Å². The van der Waals surface area contributed by atoms with Crippen LogP contribution in [-0.2, 0) is 4.79 Å². The van der Waals surface area contributed by atoms with Crippen molar-refractivity contribution in [2.75, 3.05) is 39.7 Å². The van der Waals surface area contributed by atoms with Crippen molar-refractivity contribution in [2.24, 2.45) is 4.99 Å². The number of likely N-dealkylation sites (tertiary alicyclic amines) is 1. The minimum atomic E-state index is -0.0986. The monoisotopic (exact) mass is 393 g/mol. The number of amides is 1. The lowest BCUT2D eigenvalue weighted by Gasteiger charge is -2.39. The number of anilines is 1. The van der Waals surface area contributed by atoms with Crippen molar-refractivity contribution in [3.05, 3.63) is 53.1 Å². The smallest absolute Gasteiger partial charge is 0.221 e. The third-order valence-corrected chi connectivity index (χ3v) is 5.78. The van der Waals surface area contributed by atoms with Gasteiger partial charge in [0.05, 0.1) is 31.7 Å². The number of hydrogen-bond donors (Lipinski definition) is 1. The fraction of sp³-hybridized carbons (Fsp3) is 0.391. The van der Waals surface area contributed by atoms with Crippen LogP contribution in [0, 0.1) is 0 Å². The molecule has 2 aliphatic rings. The lowest BCUT2D eigenvalue weighted by molar-refractivity contribution is -0.114. The van der Waals surface area contributed by atoms with E-state index in [1.54, 1.807) is 14.2 Å². The molecule has 0 aromatic heterocycles. The number of likely N-dealkylation sites (N-methyl/N-ethyl adjacent to an activating group) is 1. The van der Waals surface area contributed by atoms with Gasteiger partial charge in [-0.3, -0.25) is 9.79 Å². The zero-order valence-electron chi connectivity index (χ0n) is 17.4. The molecule has 0 bridgehead atoms. The van der Waals surface area contributed by atoms with Crippen LogP contribution in [-0.4, -0.2) is 56.9 Å². The van der Waals surface area contributed by atoms with Crippen LogP contribution in [0.25, 0.3) is 0 Å². The number of hydrogen-bond acceptors (Lipinski definition) is 5. The average Bonchev–Trinajstić information content (AvgIpc) is 2.72. The van der Waals surface area contributed by atoms with Crippen LogP contribution < -0.4 is 14.8 Å². The molecule has 0 radical (unpaired) electrons. The van der Waals surface area contributed by atoms with E-state index in [1.807, 2.05) is 30.3 Å². The first kappa shape index (κ1) is 19.5. The Kier molecular flexibility index (Phi) is 5.28. The molecule has 2 aromatic carbocycles. The number of carbonyl (C=O) groups excluding carboxylic acids is 1. The molecule has 152 valence electrons. The fourth-order valence-corrected chi connectivity index (χ4v) is 4.41. The van der Waals surface area contributed by atoms with Crippen molar-refractivity contribution in [3.63, 3.8) is 0 Å². The van der Waals surface area contributed by atoms with E-state index in [-0.39, 0.29) is 11.9 Å². The maximum absolute atomic E-state index is 11.7. The highest BCUT2D eigenvalue weighted by Crippen LogP contribution is 2.42. The van der Waals surface area contributed by atoms with Gasteiger partial charge in [-0.05, 0) is 43.8 Å². The Balaban J connectivity index is 1.91. The highest BCUT2D eigenvalue weighted by atomic mass is 16.5. The molecule has 29 heavy (non-hydrogen) atoms. The molecule has 0 spiro atoms. The van der Waals surface area contributed by atoms with Crippen LogP contribution in [0.1, 0.15) is 36.0 Å². The summed E-state index contributed by atoms with van der Waals surface area (Å²) >= 11 is 0. The molecule has 1 fully saturated rings. The maximum atomic E-state index is 11.7. The number of nitrogens with zero attached hydrogens (tertiary/aromatic N) is 2. The van der Waals surface area contributed by atoms with Crippen molar-refractivity contribution in [1.29, 1.82) is 0 Å². The first-order chi connectivity index (χ1) is 14.0. The standard InChI is InChI=1S/C23H27N3O3/c1-14(27)24-19-8-6-5-7-15(19)23-17-12-22(29-4)21(28-3)11-16(17)18-13-26(2)10-9-20(18)25-23/h5-8,11-12,18,20H,9-10,13H2,1-4H3,(H,24,27). The number of fused-ring (bicyclic) bond motifs is 3. The van der Waals surface area contributed by atoms with Crippen molar-refractivity contribution in [3.8, 4) is 11.5 Å². The lowest BCUT2D eigenvalue weighted by atomic mass is 9.78. The molecule has 2 unspecified atom stereocenters. The van der Waals surface area contributed by atoms with E-state index >= 15 is 0 Å². The molecule has 6 heteroatoms. The molecule has 2 heterocycles. The van der Waals surface area contributed by atoms with Crippen molar-refractivity contribution < 1.29 is 14.3 Å². The number of aliphatic imine (C=N–C) groups is 1. The fourth-order valence-electron chi connectivity index (χ4n) is 4.41. The molecule has 1 N–H and O–H groups in total. The SMILES string of the molecule is COc1cc2c(cc1OC)C1CN(C)CCC1N=C2c1ccccc1NC(C)=O. The minimum absolute atomic E-state index is 0.0986. The molecule has 1 amide bonds. The second kappa shape index (κ2) is 7.87. The van der Waals surface area contributed by atoms with E-state index in [0.29, 0.717) is 11.7 Å². The second-order valence-corrected chi connectivity index (χ2v) is 7.72. The van der Waals surface area contributed by atoms with Gasteiger partial charge in [0, 0.05) is 30.5 Å². The number of benzene rings is 2. The highest BCUT2D eigenvalue weighted by molar-refractivity contribution is 6.18. The summed E-state index contributed by atoms with van der Waals surface area (Å²) in [6.07, 6.45) is 1.00. The third kappa shape index (κ3) is 3.60. The molecule has 6 nitrogen and oxygen atoms in total. The summed E-state index contributed by atoms with van der Waals surface area (Å²) < 4.78 is 11.2. The van der Waals surface area contributed by atoms with Gasteiger partial charge < -0.3 is 19.7 Å². The van der Waals surface area contributed by atoms with Gasteiger partial charge in [-0.25, -0.2) is 0 Å². The summed E-state index contributed by atoms with van der Waals surface area (Å²) in [7, 11) is 5.47. The van der Waals surface area contributed by atoms with Crippen molar-refractivity contribution >= 4 is 17.3 Å². The number of para-hydroxylation sites is 1. The van der Waals surface area contributed by atoms with Crippen LogP contribution in [0.3, 0.4) is 0 Å². The maximum Gasteiger partial charge on any atom is 0.221 e. The minimum Gasteiger partial charge on any atom is -0.493 e. The second-order valence-electron chi connectivity index (χ2n) is 7.72. The van der Waals surface area contributed by atoms with E-state index in [4.69, 9.17) is 14.5 Å². The van der Waals surface area contributed by atoms with E-state index in [9.17, 15) is 4.79 Å². The topological polar surface area (TPSA) is 63.2 Å². The normalized spacial score (nSPS) is 20.9. The Morgan fingerprint density at radius 3 is 2.59 bits per heavy atom. The molecule has 2 aromatic rings. The number of methoxy groups -OCH3 is 2. The quantitative estimate of drug-likeness (QED) is 0.866. The summed E-state index contributed by atoms with van der Waals surface area (Å²) in [4.78, 5) is 19.3. The van der Waals surface area contributed by atoms with Crippen molar-refractivity contribution in [2.45, 2.75) is 25.3 Å². The Bertz CT molecular complexity index is 970.